The van der Waals surface area contributed by atoms with E-state index in [4.69, 9.17) is 4.74 Å². The quantitative estimate of drug-likeness (QED) is 0.794. The van der Waals surface area contributed by atoms with Crippen molar-refractivity contribution in [1.82, 2.24) is 0 Å². The second kappa shape index (κ2) is 7.48. The van der Waals surface area contributed by atoms with E-state index >= 15 is 0 Å². The van der Waals surface area contributed by atoms with Gasteiger partial charge in [0.1, 0.15) is 5.75 Å². The van der Waals surface area contributed by atoms with Crippen molar-refractivity contribution in [1.29, 1.82) is 0 Å². The highest BCUT2D eigenvalue weighted by atomic mass is 32.2. The molecule has 1 amide bonds. The highest BCUT2D eigenvalue weighted by Crippen LogP contribution is 2.34. The number of thioether (sulfide) groups is 1. The topological polar surface area (TPSA) is 96.9 Å². The zero-order chi connectivity index (χ0) is 19.7. The van der Waals surface area contributed by atoms with Crippen LogP contribution in [0.4, 0.5) is 11.4 Å². The summed E-state index contributed by atoms with van der Waals surface area (Å²) in [6.07, 6.45) is 0. The molecule has 0 saturated carbocycles. The van der Waals surface area contributed by atoms with Gasteiger partial charge in [-0.15, -0.1) is 0 Å². The number of hydrogen-bond acceptors (Lipinski definition) is 7. The molecule has 0 aliphatic carbocycles. The Morgan fingerprint density at radius 3 is 2.61 bits per heavy atom. The van der Waals surface area contributed by atoms with E-state index in [2.05, 4.69) is 15.6 Å². The number of carbonyl (C=O) groups is 1. The molecule has 0 spiro atoms. The number of sulfone groups is 1. The average molecular weight is 418 g/mol. The van der Waals surface area contributed by atoms with Crippen LogP contribution in [0.3, 0.4) is 0 Å². The molecule has 4 rings (SSSR count). The van der Waals surface area contributed by atoms with Gasteiger partial charge in [-0.2, -0.15) is 0 Å². The van der Waals surface area contributed by atoms with Gasteiger partial charge in [-0.25, -0.2) is 8.42 Å². The van der Waals surface area contributed by atoms with Crippen LogP contribution in [-0.4, -0.2) is 49.4 Å². The maximum Gasteiger partial charge on any atom is 0.255 e. The smallest absolute Gasteiger partial charge is 0.255 e. The van der Waals surface area contributed by atoms with E-state index in [-0.39, 0.29) is 28.7 Å². The van der Waals surface area contributed by atoms with Crippen molar-refractivity contribution >= 4 is 44.0 Å². The average Bonchev–Trinajstić information content (AvgIpc) is 3.15. The summed E-state index contributed by atoms with van der Waals surface area (Å²) in [7, 11) is -1.40. The number of anilines is 2. The Labute approximate surface area is 167 Å². The summed E-state index contributed by atoms with van der Waals surface area (Å²) in [4.78, 5) is 16.9. The van der Waals surface area contributed by atoms with Crippen molar-refractivity contribution in [2.24, 2.45) is 4.99 Å². The molecule has 2 aliphatic heterocycles. The third-order valence-corrected chi connectivity index (χ3v) is 7.71. The monoisotopic (exact) mass is 417 g/mol. The van der Waals surface area contributed by atoms with Gasteiger partial charge in [-0.3, -0.25) is 9.79 Å². The van der Waals surface area contributed by atoms with Crippen LogP contribution in [0.2, 0.25) is 0 Å². The number of fused-ring (bicyclic) bond motifs is 1. The van der Waals surface area contributed by atoms with Crippen LogP contribution in [0, 0.1) is 0 Å². The van der Waals surface area contributed by atoms with Crippen LogP contribution >= 0.6 is 11.8 Å². The number of rotatable bonds is 4. The predicted octanol–water partition coefficient (Wildman–Crippen LogP) is 2.63. The number of para-hydroxylation sites is 2. The third kappa shape index (κ3) is 4.00. The minimum Gasteiger partial charge on any atom is -0.495 e. The van der Waals surface area contributed by atoms with Crippen molar-refractivity contribution in [3.05, 3.63) is 54.1 Å². The van der Waals surface area contributed by atoms with Crippen molar-refractivity contribution in [3.8, 4) is 5.75 Å². The first kappa shape index (κ1) is 18.8. The van der Waals surface area contributed by atoms with Gasteiger partial charge >= 0.3 is 0 Å². The lowest BCUT2D eigenvalue weighted by atomic mass is 10.2. The minimum atomic E-state index is -2.96. The highest BCUT2D eigenvalue weighted by Gasteiger charge is 2.42. The zero-order valence-corrected chi connectivity index (χ0v) is 16.7. The molecule has 2 aromatic rings. The van der Waals surface area contributed by atoms with Gasteiger partial charge in [0.25, 0.3) is 5.91 Å². The number of ether oxygens (including phenoxy) is 1. The van der Waals surface area contributed by atoms with Crippen LogP contribution in [0.25, 0.3) is 0 Å². The van der Waals surface area contributed by atoms with Crippen LogP contribution in [0.1, 0.15) is 10.4 Å². The summed E-state index contributed by atoms with van der Waals surface area (Å²) in [6.45, 7) is 0. The molecular weight excluding hydrogens is 398 g/mol. The Morgan fingerprint density at radius 2 is 1.89 bits per heavy atom. The van der Waals surface area contributed by atoms with E-state index in [0.29, 0.717) is 17.0 Å². The number of benzene rings is 2. The first-order valence-electron chi connectivity index (χ1n) is 8.70. The Kier molecular flexibility index (Phi) is 5.03. The summed E-state index contributed by atoms with van der Waals surface area (Å²) in [5.74, 6) is 0.665. The summed E-state index contributed by atoms with van der Waals surface area (Å²) >= 11 is 1.46. The highest BCUT2D eigenvalue weighted by molar-refractivity contribution is 8.15. The number of amidine groups is 1. The van der Waals surface area contributed by atoms with E-state index in [1.54, 1.807) is 43.5 Å². The molecule has 1 fully saturated rings. The maximum atomic E-state index is 12.5. The lowest BCUT2D eigenvalue weighted by Gasteiger charge is -2.11. The minimum absolute atomic E-state index is 0.00148. The molecule has 0 unspecified atom stereocenters. The second-order valence-electron chi connectivity index (χ2n) is 6.59. The van der Waals surface area contributed by atoms with Gasteiger partial charge in [0.05, 0.1) is 30.3 Å². The summed E-state index contributed by atoms with van der Waals surface area (Å²) in [6, 6.07) is 14.1. The molecule has 2 heterocycles. The molecule has 2 aliphatic rings. The third-order valence-electron chi connectivity index (χ3n) is 4.57. The van der Waals surface area contributed by atoms with Gasteiger partial charge in [0.15, 0.2) is 15.0 Å². The molecule has 146 valence electrons. The molecule has 7 nitrogen and oxygen atoms in total. The number of carbonyl (C=O) groups excluding carboxylic acids is 1. The van der Waals surface area contributed by atoms with Crippen molar-refractivity contribution in [2.45, 2.75) is 11.3 Å². The largest absolute Gasteiger partial charge is 0.495 e. The zero-order valence-electron chi connectivity index (χ0n) is 15.1. The van der Waals surface area contributed by atoms with Crippen molar-refractivity contribution in [3.63, 3.8) is 0 Å². The Bertz CT molecular complexity index is 1040. The first-order chi connectivity index (χ1) is 13.4. The van der Waals surface area contributed by atoms with Gasteiger partial charge in [0, 0.05) is 16.5 Å². The Balaban J connectivity index is 1.40. The predicted molar refractivity (Wildman–Crippen MR) is 112 cm³/mol. The molecule has 2 aromatic carbocycles. The van der Waals surface area contributed by atoms with E-state index in [1.165, 1.54) is 11.8 Å². The van der Waals surface area contributed by atoms with Crippen LogP contribution < -0.4 is 15.4 Å². The van der Waals surface area contributed by atoms with Gasteiger partial charge in [-0.1, -0.05) is 23.9 Å². The molecular formula is C19H19N3O4S2. The van der Waals surface area contributed by atoms with E-state index in [1.807, 2.05) is 12.1 Å². The standard InChI is InChI=1S/C19H19N3O4S2/c1-26-16-5-3-2-4-14(16)21-18(23)12-6-8-13(9-7-12)20-19-22-15-10-28(24,25)11-17(15)27-19/h2-9,15,17H,10-11H2,1H3,(H,20,22)(H,21,23)/t15-,17-/m0/s1. The summed E-state index contributed by atoms with van der Waals surface area (Å²) in [5, 5.41) is 6.75. The van der Waals surface area contributed by atoms with Gasteiger partial charge < -0.3 is 15.4 Å². The number of aliphatic imine (C=N–C) groups is 1. The molecule has 2 N–H and O–H groups in total. The van der Waals surface area contributed by atoms with Gasteiger partial charge in [0.2, 0.25) is 0 Å². The fraction of sp³-hybridized carbons (Fsp3) is 0.263. The molecule has 9 heteroatoms. The van der Waals surface area contributed by atoms with E-state index in [9.17, 15) is 13.2 Å². The number of hydrogen-bond donors (Lipinski definition) is 2. The molecule has 0 bridgehead atoms. The van der Waals surface area contributed by atoms with Crippen LogP contribution in [0.5, 0.6) is 5.75 Å². The van der Waals surface area contributed by atoms with Crippen molar-refractivity contribution < 1.29 is 17.9 Å². The molecule has 1 saturated heterocycles. The fourth-order valence-corrected chi connectivity index (χ4v) is 6.86. The van der Waals surface area contributed by atoms with Crippen molar-refractivity contribution in [2.75, 3.05) is 29.2 Å². The Morgan fingerprint density at radius 1 is 1.14 bits per heavy atom. The number of methoxy groups -OCH3 is 1. The normalized spacial score (nSPS) is 22.2. The SMILES string of the molecule is COc1ccccc1NC(=O)c1ccc(NC2=N[C@H]3CS(=O)(=O)C[C@@H]3S2)cc1. The fourth-order valence-electron chi connectivity index (χ4n) is 3.19. The van der Waals surface area contributed by atoms with Gasteiger partial charge in [-0.05, 0) is 36.4 Å². The number of amides is 1. The molecule has 2 atom stereocenters. The first-order valence-corrected chi connectivity index (χ1v) is 11.4. The van der Waals surface area contributed by atoms with Crippen LogP contribution in [-0.2, 0) is 9.84 Å². The summed E-state index contributed by atoms with van der Waals surface area (Å²) in [5.41, 5.74) is 1.92. The Hall–Kier alpha value is -2.52. The van der Waals surface area contributed by atoms with E-state index < -0.39 is 9.84 Å². The van der Waals surface area contributed by atoms with E-state index in [0.717, 1.165) is 10.9 Å². The van der Waals surface area contributed by atoms with Crippen LogP contribution in [0.15, 0.2) is 53.5 Å². The number of nitrogens with zero attached hydrogens (tertiary/aromatic N) is 1. The number of nitrogens with one attached hydrogen (secondary N) is 2. The molecule has 28 heavy (non-hydrogen) atoms. The lowest BCUT2D eigenvalue weighted by Crippen LogP contribution is -2.13. The molecule has 0 radical (unpaired) electrons. The lowest BCUT2D eigenvalue weighted by molar-refractivity contribution is 0.102. The maximum absolute atomic E-state index is 12.5. The summed E-state index contributed by atoms with van der Waals surface area (Å²) < 4.78 is 28.5. The molecule has 0 aromatic heterocycles. The second-order valence-corrected chi connectivity index (χ2v) is 9.97.